The van der Waals surface area contributed by atoms with Crippen LogP contribution in [0.5, 0.6) is 5.75 Å². The lowest BCUT2D eigenvalue weighted by Gasteiger charge is -2.08. The van der Waals surface area contributed by atoms with Crippen molar-refractivity contribution in [3.8, 4) is 16.9 Å². The lowest BCUT2D eigenvalue weighted by molar-refractivity contribution is 0.0529. The molecule has 2 heterocycles. The molecule has 0 unspecified atom stereocenters. The lowest BCUT2D eigenvalue weighted by Crippen LogP contribution is -2.14. The van der Waals surface area contributed by atoms with Crippen molar-refractivity contribution in [2.24, 2.45) is 0 Å². The highest BCUT2D eigenvalue weighted by atomic mass is 32.1. The van der Waals surface area contributed by atoms with Gasteiger partial charge in [0.05, 0.1) is 13.7 Å². The Hall–Kier alpha value is -3.06. The highest BCUT2D eigenvalue weighted by Crippen LogP contribution is 2.37. The van der Waals surface area contributed by atoms with E-state index < -0.39 is 11.9 Å². The van der Waals surface area contributed by atoms with Gasteiger partial charge in [0.1, 0.15) is 22.1 Å². The molecule has 3 rings (SSSR count). The summed E-state index contributed by atoms with van der Waals surface area (Å²) in [5.41, 5.74) is 1.83. The van der Waals surface area contributed by atoms with E-state index in [1.165, 1.54) is 11.3 Å². The number of rotatable bonds is 6. The molecule has 3 aromatic rings. The van der Waals surface area contributed by atoms with E-state index >= 15 is 0 Å². The standard InChI is InChI=1S/C20H19NO5S/c1-4-25-20(23)17-15(13-6-8-14(24-3)9-7-13)11-27-19(17)21-18(22)16-10-5-12(2)26-16/h5-11H,4H2,1-3H3,(H,21,22). The number of methoxy groups -OCH3 is 1. The van der Waals surface area contributed by atoms with E-state index in [2.05, 4.69) is 5.32 Å². The van der Waals surface area contributed by atoms with Crippen molar-refractivity contribution in [2.45, 2.75) is 13.8 Å². The van der Waals surface area contributed by atoms with E-state index in [1.54, 1.807) is 33.1 Å². The third kappa shape index (κ3) is 4.03. The third-order valence-electron chi connectivity index (χ3n) is 3.86. The molecule has 1 N–H and O–H groups in total. The summed E-state index contributed by atoms with van der Waals surface area (Å²) in [7, 11) is 1.59. The highest BCUT2D eigenvalue weighted by molar-refractivity contribution is 7.15. The van der Waals surface area contributed by atoms with Crippen LogP contribution in [0.2, 0.25) is 0 Å². The number of nitrogens with one attached hydrogen (secondary N) is 1. The minimum absolute atomic E-state index is 0.182. The molecule has 0 saturated heterocycles. The molecule has 2 aromatic heterocycles. The van der Waals surface area contributed by atoms with Crippen LogP contribution in [0, 0.1) is 6.92 Å². The van der Waals surface area contributed by atoms with Crippen molar-refractivity contribution in [1.82, 2.24) is 0 Å². The molecule has 0 radical (unpaired) electrons. The maximum atomic E-state index is 12.6. The molecule has 1 aromatic carbocycles. The molecule has 0 atom stereocenters. The Bertz CT molecular complexity index is 955. The molecule has 1 amide bonds. The number of hydrogen-bond donors (Lipinski definition) is 1. The van der Waals surface area contributed by atoms with Crippen LogP contribution in [-0.4, -0.2) is 25.6 Å². The first-order valence-corrected chi connectivity index (χ1v) is 9.22. The maximum absolute atomic E-state index is 12.6. The van der Waals surface area contributed by atoms with Crippen molar-refractivity contribution in [1.29, 1.82) is 0 Å². The van der Waals surface area contributed by atoms with E-state index in [1.807, 2.05) is 29.6 Å². The fraction of sp³-hybridized carbons (Fsp3) is 0.200. The maximum Gasteiger partial charge on any atom is 0.341 e. The summed E-state index contributed by atoms with van der Waals surface area (Å²) in [4.78, 5) is 25.0. The van der Waals surface area contributed by atoms with Crippen molar-refractivity contribution >= 4 is 28.2 Å². The van der Waals surface area contributed by atoms with Gasteiger partial charge in [-0.05, 0) is 43.7 Å². The van der Waals surface area contributed by atoms with Crippen LogP contribution in [0.3, 0.4) is 0 Å². The Morgan fingerprint density at radius 1 is 1.15 bits per heavy atom. The minimum atomic E-state index is -0.490. The van der Waals surface area contributed by atoms with Crippen LogP contribution >= 0.6 is 11.3 Å². The van der Waals surface area contributed by atoms with Gasteiger partial charge in [0.2, 0.25) is 0 Å². The van der Waals surface area contributed by atoms with Gasteiger partial charge in [-0.3, -0.25) is 4.79 Å². The first-order valence-electron chi connectivity index (χ1n) is 8.34. The van der Waals surface area contributed by atoms with Crippen molar-refractivity contribution in [2.75, 3.05) is 19.0 Å². The van der Waals surface area contributed by atoms with E-state index in [0.717, 1.165) is 5.56 Å². The van der Waals surface area contributed by atoms with Gasteiger partial charge < -0.3 is 19.2 Å². The molecule has 0 aliphatic rings. The number of benzene rings is 1. The molecule has 140 valence electrons. The Balaban J connectivity index is 1.97. The van der Waals surface area contributed by atoms with Crippen molar-refractivity contribution in [3.05, 3.63) is 58.9 Å². The van der Waals surface area contributed by atoms with E-state index in [0.29, 0.717) is 27.6 Å². The van der Waals surface area contributed by atoms with Crippen LogP contribution in [0.4, 0.5) is 5.00 Å². The Morgan fingerprint density at radius 2 is 1.89 bits per heavy atom. The number of carbonyl (C=O) groups excluding carboxylic acids is 2. The largest absolute Gasteiger partial charge is 0.497 e. The van der Waals surface area contributed by atoms with E-state index in [9.17, 15) is 9.59 Å². The summed E-state index contributed by atoms with van der Waals surface area (Å²) < 4.78 is 15.7. The number of thiophene rings is 1. The number of carbonyl (C=O) groups is 2. The van der Waals surface area contributed by atoms with Gasteiger partial charge in [0.15, 0.2) is 5.76 Å². The average Bonchev–Trinajstić information content (AvgIpc) is 3.28. The number of esters is 1. The van der Waals surface area contributed by atoms with Gasteiger partial charge in [-0.1, -0.05) is 12.1 Å². The Morgan fingerprint density at radius 3 is 2.48 bits per heavy atom. The number of ether oxygens (including phenoxy) is 2. The van der Waals surface area contributed by atoms with E-state index in [-0.39, 0.29) is 12.4 Å². The molecule has 0 aliphatic carbocycles. The van der Waals surface area contributed by atoms with Crippen LogP contribution in [0.15, 0.2) is 46.2 Å². The quantitative estimate of drug-likeness (QED) is 0.619. The van der Waals surface area contributed by atoms with Gasteiger partial charge in [-0.25, -0.2) is 4.79 Å². The minimum Gasteiger partial charge on any atom is -0.497 e. The summed E-state index contributed by atoms with van der Waals surface area (Å²) in [6, 6.07) is 10.6. The topological polar surface area (TPSA) is 77.8 Å². The number of anilines is 1. The van der Waals surface area contributed by atoms with Crippen LogP contribution in [-0.2, 0) is 4.74 Å². The second-order valence-corrected chi connectivity index (χ2v) is 6.55. The summed E-state index contributed by atoms with van der Waals surface area (Å²) in [6.07, 6.45) is 0. The normalized spacial score (nSPS) is 10.5. The van der Waals surface area contributed by atoms with E-state index in [4.69, 9.17) is 13.9 Å². The molecular weight excluding hydrogens is 366 g/mol. The lowest BCUT2D eigenvalue weighted by atomic mass is 10.0. The predicted octanol–water partition coefficient (Wildman–Crippen LogP) is 4.75. The smallest absolute Gasteiger partial charge is 0.341 e. The number of amides is 1. The zero-order valence-electron chi connectivity index (χ0n) is 15.2. The first kappa shape index (κ1) is 18.7. The summed E-state index contributed by atoms with van der Waals surface area (Å²) in [6.45, 7) is 3.73. The fourth-order valence-corrected chi connectivity index (χ4v) is 3.51. The van der Waals surface area contributed by atoms with Gasteiger partial charge in [0, 0.05) is 10.9 Å². The second-order valence-electron chi connectivity index (χ2n) is 5.67. The fourth-order valence-electron chi connectivity index (χ4n) is 2.56. The zero-order chi connectivity index (χ0) is 19.4. The molecular formula is C20H19NO5S. The van der Waals surface area contributed by atoms with Crippen molar-refractivity contribution in [3.63, 3.8) is 0 Å². The van der Waals surface area contributed by atoms with Crippen molar-refractivity contribution < 1.29 is 23.5 Å². The molecule has 0 fully saturated rings. The van der Waals surface area contributed by atoms with Gasteiger partial charge in [-0.2, -0.15) is 0 Å². The third-order valence-corrected chi connectivity index (χ3v) is 4.76. The number of furan rings is 1. The monoisotopic (exact) mass is 385 g/mol. The average molecular weight is 385 g/mol. The van der Waals surface area contributed by atoms with Gasteiger partial charge in [0.25, 0.3) is 5.91 Å². The van der Waals surface area contributed by atoms with Crippen LogP contribution < -0.4 is 10.1 Å². The first-order chi connectivity index (χ1) is 13.0. The Kier molecular flexibility index (Phi) is 5.61. The van der Waals surface area contributed by atoms with Crippen LogP contribution in [0.25, 0.3) is 11.1 Å². The molecule has 27 heavy (non-hydrogen) atoms. The molecule has 0 spiro atoms. The predicted molar refractivity (Wildman–Crippen MR) is 104 cm³/mol. The molecule has 0 aliphatic heterocycles. The summed E-state index contributed by atoms with van der Waals surface area (Å²) >= 11 is 1.26. The number of hydrogen-bond acceptors (Lipinski definition) is 6. The summed E-state index contributed by atoms with van der Waals surface area (Å²) in [5, 5.41) is 4.98. The number of aryl methyl sites for hydroxylation is 1. The second kappa shape index (κ2) is 8.09. The zero-order valence-corrected chi connectivity index (χ0v) is 16.0. The Labute approximate surface area is 160 Å². The summed E-state index contributed by atoms with van der Waals surface area (Å²) in [5.74, 6) is 0.623. The molecule has 7 heteroatoms. The van der Waals surface area contributed by atoms with Crippen LogP contribution in [0.1, 0.15) is 33.6 Å². The molecule has 0 bridgehead atoms. The highest BCUT2D eigenvalue weighted by Gasteiger charge is 2.24. The molecule has 0 saturated carbocycles. The van der Waals surface area contributed by atoms with Gasteiger partial charge >= 0.3 is 5.97 Å². The van der Waals surface area contributed by atoms with Gasteiger partial charge in [-0.15, -0.1) is 11.3 Å². The SMILES string of the molecule is CCOC(=O)c1c(-c2ccc(OC)cc2)csc1NC(=O)c1ccc(C)o1. The molecule has 6 nitrogen and oxygen atoms in total.